The minimum atomic E-state index is -0.0334. The van der Waals surface area contributed by atoms with Crippen molar-refractivity contribution in [2.24, 2.45) is 0 Å². The van der Waals surface area contributed by atoms with E-state index >= 15 is 0 Å². The number of pyridine rings is 1. The van der Waals surface area contributed by atoms with Crippen molar-refractivity contribution >= 4 is 29.3 Å². The van der Waals surface area contributed by atoms with Gasteiger partial charge < -0.3 is 16.4 Å². The maximum Gasteiger partial charge on any atom is 0.255 e. The van der Waals surface area contributed by atoms with E-state index in [9.17, 15) is 4.79 Å². The number of carbonyl (C=O) groups excluding carboxylic acids is 1. The molecule has 1 aromatic carbocycles. The smallest absolute Gasteiger partial charge is 0.255 e. The number of amides is 1. The lowest BCUT2D eigenvalue weighted by molar-refractivity contribution is 0.0573. The highest BCUT2D eigenvalue weighted by Gasteiger charge is 2.29. The first kappa shape index (κ1) is 23.5. The molecule has 2 fully saturated rings. The van der Waals surface area contributed by atoms with Crippen LogP contribution in [0.3, 0.4) is 0 Å². The van der Waals surface area contributed by atoms with Crippen molar-refractivity contribution in [2.75, 3.05) is 37.6 Å². The SMILES string of the molecule is Cc1nc(N)nc(-c2ccc(C(=O)N3CCN(C4CCCC4)CC3)c(Cl)c2)c1-c1ccc(N)nc1. The summed E-state index contributed by atoms with van der Waals surface area (Å²) < 4.78 is 0. The van der Waals surface area contributed by atoms with Gasteiger partial charge in [0, 0.05) is 55.1 Å². The van der Waals surface area contributed by atoms with Gasteiger partial charge in [-0.25, -0.2) is 15.0 Å². The Morgan fingerprint density at radius 1 is 1.00 bits per heavy atom. The zero-order valence-electron chi connectivity index (χ0n) is 19.9. The summed E-state index contributed by atoms with van der Waals surface area (Å²) in [6, 6.07) is 9.71. The molecule has 2 aliphatic rings. The van der Waals surface area contributed by atoms with Crippen LogP contribution in [0.1, 0.15) is 41.7 Å². The van der Waals surface area contributed by atoms with Gasteiger partial charge in [-0.1, -0.05) is 30.5 Å². The molecule has 0 bridgehead atoms. The van der Waals surface area contributed by atoms with Crippen LogP contribution in [0.4, 0.5) is 11.8 Å². The molecule has 1 saturated carbocycles. The molecule has 0 atom stereocenters. The predicted molar refractivity (Wildman–Crippen MR) is 139 cm³/mol. The summed E-state index contributed by atoms with van der Waals surface area (Å²) >= 11 is 6.66. The van der Waals surface area contributed by atoms with Crippen molar-refractivity contribution in [3.05, 3.63) is 52.8 Å². The third-order valence-electron chi connectivity index (χ3n) is 7.10. The average Bonchev–Trinajstić information content (AvgIpc) is 3.39. The van der Waals surface area contributed by atoms with Crippen LogP contribution in [0.2, 0.25) is 5.02 Å². The Bertz CT molecular complexity index is 1230. The second-order valence-corrected chi connectivity index (χ2v) is 9.73. The van der Waals surface area contributed by atoms with Crippen LogP contribution in [0.25, 0.3) is 22.4 Å². The minimum absolute atomic E-state index is 0.0334. The maximum absolute atomic E-state index is 13.3. The number of nitrogens with two attached hydrogens (primary N) is 2. The highest BCUT2D eigenvalue weighted by molar-refractivity contribution is 6.34. The number of nitrogens with zero attached hydrogens (tertiary/aromatic N) is 5. The second kappa shape index (κ2) is 9.79. The van der Waals surface area contributed by atoms with E-state index in [0.29, 0.717) is 28.1 Å². The van der Waals surface area contributed by atoms with Crippen molar-refractivity contribution in [1.29, 1.82) is 0 Å². The Morgan fingerprint density at radius 2 is 1.71 bits per heavy atom. The molecular formula is C26H30ClN7O. The number of hydrogen-bond donors (Lipinski definition) is 2. The molecule has 1 amide bonds. The van der Waals surface area contributed by atoms with E-state index in [1.807, 2.05) is 24.0 Å². The van der Waals surface area contributed by atoms with Crippen molar-refractivity contribution in [3.8, 4) is 22.4 Å². The molecule has 9 heteroatoms. The first-order valence-electron chi connectivity index (χ1n) is 12.1. The van der Waals surface area contributed by atoms with E-state index in [1.54, 1.807) is 24.4 Å². The van der Waals surface area contributed by atoms with Crippen LogP contribution in [0, 0.1) is 6.92 Å². The zero-order valence-corrected chi connectivity index (χ0v) is 20.6. The molecule has 35 heavy (non-hydrogen) atoms. The Labute approximate surface area is 210 Å². The fraction of sp³-hybridized carbons (Fsp3) is 0.385. The molecule has 0 spiro atoms. The van der Waals surface area contributed by atoms with E-state index in [2.05, 4.69) is 19.9 Å². The monoisotopic (exact) mass is 491 g/mol. The minimum Gasteiger partial charge on any atom is -0.384 e. The van der Waals surface area contributed by atoms with Crippen LogP contribution in [0.5, 0.6) is 0 Å². The van der Waals surface area contributed by atoms with Gasteiger partial charge in [0.15, 0.2) is 0 Å². The molecule has 1 aliphatic carbocycles. The summed E-state index contributed by atoms with van der Waals surface area (Å²) in [5.74, 6) is 0.564. The van der Waals surface area contributed by atoms with E-state index in [-0.39, 0.29) is 11.9 Å². The highest BCUT2D eigenvalue weighted by Crippen LogP contribution is 2.35. The lowest BCUT2D eigenvalue weighted by Crippen LogP contribution is -2.51. The summed E-state index contributed by atoms with van der Waals surface area (Å²) in [7, 11) is 0. The maximum atomic E-state index is 13.3. The fourth-order valence-corrected chi connectivity index (χ4v) is 5.53. The number of nitrogen functional groups attached to an aromatic ring is 2. The molecule has 0 unspecified atom stereocenters. The van der Waals surface area contributed by atoms with E-state index in [4.69, 9.17) is 23.1 Å². The average molecular weight is 492 g/mol. The zero-order chi connectivity index (χ0) is 24.5. The van der Waals surface area contributed by atoms with Crippen molar-refractivity contribution < 1.29 is 4.79 Å². The predicted octanol–water partition coefficient (Wildman–Crippen LogP) is 4.03. The molecule has 182 valence electrons. The van der Waals surface area contributed by atoms with Gasteiger partial charge >= 0.3 is 0 Å². The molecule has 8 nitrogen and oxygen atoms in total. The summed E-state index contributed by atoms with van der Waals surface area (Å²) in [5, 5.41) is 0.391. The van der Waals surface area contributed by atoms with Crippen LogP contribution in [-0.4, -0.2) is 62.9 Å². The first-order chi connectivity index (χ1) is 16.9. The van der Waals surface area contributed by atoms with Crippen LogP contribution in [-0.2, 0) is 0 Å². The number of anilines is 2. The molecule has 0 radical (unpaired) electrons. The highest BCUT2D eigenvalue weighted by atomic mass is 35.5. The van der Waals surface area contributed by atoms with Crippen molar-refractivity contribution in [1.82, 2.24) is 24.8 Å². The standard InChI is InChI=1S/C26H30ClN7O/c1-16-23(18-7-9-22(28)30-15-18)24(32-26(29)31-16)17-6-8-20(21(27)14-17)25(35)34-12-10-33(11-13-34)19-4-2-3-5-19/h6-9,14-15,19H,2-5,10-13H2,1H3,(H2,28,30)(H2,29,31,32). The number of hydrogen-bond acceptors (Lipinski definition) is 7. The van der Waals surface area contributed by atoms with Gasteiger partial charge in [-0.05, 0) is 44.0 Å². The molecule has 5 rings (SSSR count). The number of piperazine rings is 1. The third kappa shape index (κ3) is 4.81. The van der Waals surface area contributed by atoms with Gasteiger partial charge in [-0.15, -0.1) is 0 Å². The van der Waals surface area contributed by atoms with Gasteiger partial charge in [-0.2, -0.15) is 0 Å². The molecule has 3 aromatic rings. The third-order valence-corrected chi connectivity index (χ3v) is 7.41. The Hall–Kier alpha value is -3.23. The van der Waals surface area contributed by atoms with E-state index in [0.717, 1.165) is 48.6 Å². The number of aryl methyl sites for hydroxylation is 1. The van der Waals surface area contributed by atoms with Gasteiger partial charge in [0.05, 0.1) is 22.0 Å². The number of carbonyl (C=O) groups is 1. The lowest BCUT2D eigenvalue weighted by Gasteiger charge is -2.38. The number of aromatic nitrogens is 3. The van der Waals surface area contributed by atoms with Crippen LogP contribution >= 0.6 is 11.6 Å². The molecule has 3 heterocycles. The Kier molecular flexibility index (Phi) is 6.58. The number of benzene rings is 1. The Morgan fingerprint density at radius 3 is 2.37 bits per heavy atom. The van der Waals surface area contributed by atoms with Gasteiger partial charge in [0.1, 0.15) is 5.82 Å². The van der Waals surface area contributed by atoms with Gasteiger partial charge in [0.25, 0.3) is 5.91 Å². The van der Waals surface area contributed by atoms with Crippen molar-refractivity contribution in [3.63, 3.8) is 0 Å². The van der Waals surface area contributed by atoms with Crippen molar-refractivity contribution in [2.45, 2.75) is 38.6 Å². The van der Waals surface area contributed by atoms with E-state index < -0.39 is 0 Å². The molecule has 2 aromatic heterocycles. The van der Waals surface area contributed by atoms with E-state index in [1.165, 1.54) is 25.7 Å². The number of rotatable bonds is 4. The Balaban J connectivity index is 1.40. The quantitative estimate of drug-likeness (QED) is 0.566. The normalized spacial score (nSPS) is 17.1. The van der Waals surface area contributed by atoms with Gasteiger partial charge in [-0.3, -0.25) is 9.69 Å². The molecule has 1 aliphatic heterocycles. The largest absolute Gasteiger partial charge is 0.384 e. The summed E-state index contributed by atoms with van der Waals surface area (Å²) in [5.41, 5.74) is 16.0. The topological polar surface area (TPSA) is 114 Å². The lowest BCUT2D eigenvalue weighted by atomic mass is 9.98. The number of halogens is 1. The van der Waals surface area contributed by atoms with Gasteiger partial charge in [0.2, 0.25) is 5.95 Å². The van der Waals surface area contributed by atoms with Crippen LogP contribution in [0.15, 0.2) is 36.5 Å². The first-order valence-corrected chi connectivity index (χ1v) is 12.5. The molecule has 1 saturated heterocycles. The molecule has 4 N–H and O–H groups in total. The summed E-state index contributed by atoms with van der Waals surface area (Å²) in [4.78, 5) is 30.8. The molecular weight excluding hydrogens is 462 g/mol. The fourth-order valence-electron chi connectivity index (χ4n) is 5.27. The van der Waals surface area contributed by atoms with Crippen LogP contribution < -0.4 is 11.5 Å². The summed E-state index contributed by atoms with van der Waals surface area (Å²) in [6.45, 7) is 5.17. The summed E-state index contributed by atoms with van der Waals surface area (Å²) in [6.07, 6.45) is 6.89. The second-order valence-electron chi connectivity index (χ2n) is 9.32.